The predicted molar refractivity (Wildman–Crippen MR) is 125 cm³/mol. The van der Waals surface area contributed by atoms with Gasteiger partial charge in [0.1, 0.15) is 5.75 Å². The number of rotatable bonds is 10. The molecule has 12 nitrogen and oxygen atoms in total. The third-order valence-electron chi connectivity index (χ3n) is 5.52. The first-order chi connectivity index (χ1) is 16.7. The van der Waals surface area contributed by atoms with Gasteiger partial charge in [0.25, 0.3) is 5.91 Å². The number of piperidine rings is 1. The van der Waals surface area contributed by atoms with Crippen LogP contribution in [0.4, 0.5) is 5.82 Å². The Balaban J connectivity index is 1.45. The lowest BCUT2D eigenvalue weighted by molar-refractivity contribution is 0.0947. The lowest BCUT2D eigenvalue weighted by Gasteiger charge is -2.26. The molecule has 1 amide bonds. The molecule has 1 fully saturated rings. The Hall–Kier alpha value is -3.80. The number of nitrogen functional groups attached to an aromatic ring is 1. The van der Waals surface area contributed by atoms with Gasteiger partial charge in [-0.3, -0.25) is 9.69 Å². The minimum absolute atomic E-state index is 0.0666. The van der Waals surface area contributed by atoms with Gasteiger partial charge in [0, 0.05) is 6.54 Å². The number of carbonyl (C=O) groups is 1. The second kappa shape index (κ2) is 11.4. The molecule has 3 N–H and O–H groups in total. The Kier molecular flexibility index (Phi) is 7.81. The molecule has 1 saturated heterocycles. The monoisotopic (exact) mass is 467 g/mol. The van der Waals surface area contributed by atoms with Crippen LogP contribution in [-0.2, 0) is 6.54 Å². The number of aromatic nitrogens is 5. The van der Waals surface area contributed by atoms with E-state index in [2.05, 4.69) is 43.0 Å². The normalized spacial score (nSPS) is 14.5. The second-order valence-corrected chi connectivity index (χ2v) is 8.08. The van der Waals surface area contributed by atoms with E-state index in [1.807, 2.05) is 24.3 Å². The first-order valence-electron chi connectivity index (χ1n) is 11.5. The van der Waals surface area contributed by atoms with Gasteiger partial charge in [0.2, 0.25) is 11.6 Å². The van der Waals surface area contributed by atoms with E-state index in [1.165, 1.54) is 11.1 Å². The van der Waals surface area contributed by atoms with Crippen molar-refractivity contribution in [3.8, 4) is 11.6 Å². The Labute approximate surface area is 197 Å². The number of carbonyl (C=O) groups excluding carboxylic acids is 1. The second-order valence-electron chi connectivity index (χ2n) is 8.08. The largest absolute Gasteiger partial charge is 0.494 e. The number of hydrogen-bond donors (Lipinski definition) is 2. The van der Waals surface area contributed by atoms with Crippen molar-refractivity contribution in [2.45, 2.75) is 45.6 Å². The molecule has 34 heavy (non-hydrogen) atoms. The van der Waals surface area contributed by atoms with Gasteiger partial charge >= 0.3 is 0 Å². The summed E-state index contributed by atoms with van der Waals surface area (Å²) in [6.45, 7) is 5.13. The average molecular weight is 468 g/mol. The third-order valence-corrected chi connectivity index (χ3v) is 5.52. The number of likely N-dealkylation sites (tertiary alicyclic amines) is 1. The Bertz CT molecular complexity index is 1100. The maximum absolute atomic E-state index is 12.9. The van der Waals surface area contributed by atoms with E-state index in [1.54, 1.807) is 6.21 Å². The summed E-state index contributed by atoms with van der Waals surface area (Å²) in [6.07, 6.45) is 7.05. The standard InChI is InChI=1S/C22H29N9O3/c1-2-3-13-33-17-9-7-16(8-10-17)14-24-26-22(32)19-18(15-30-11-5-4-6-12-30)31(29-25-19)21-20(23)27-34-28-21/h7-10,14H,2-6,11-13,15H2,1H3,(H2,23,27)(H,26,32)/b24-14-. The minimum atomic E-state index is -0.482. The molecule has 0 radical (unpaired) electrons. The molecule has 3 heterocycles. The number of amides is 1. The third kappa shape index (κ3) is 5.76. The van der Waals surface area contributed by atoms with Crippen molar-refractivity contribution in [1.29, 1.82) is 0 Å². The lowest BCUT2D eigenvalue weighted by atomic mass is 10.1. The molecule has 0 saturated carbocycles. The zero-order chi connectivity index (χ0) is 23.8. The molecule has 1 aromatic carbocycles. The average Bonchev–Trinajstić information content (AvgIpc) is 3.46. The summed E-state index contributed by atoms with van der Waals surface area (Å²) in [5.41, 5.74) is 9.89. The summed E-state index contributed by atoms with van der Waals surface area (Å²) in [4.78, 5) is 15.1. The van der Waals surface area contributed by atoms with E-state index < -0.39 is 5.91 Å². The van der Waals surface area contributed by atoms with Crippen LogP contribution in [0.2, 0.25) is 0 Å². The van der Waals surface area contributed by atoms with Gasteiger partial charge < -0.3 is 10.5 Å². The fourth-order valence-electron chi connectivity index (χ4n) is 3.66. The molecular formula is C22H29N9O3. The molecule has 0 atom stereocenters. The molecule has 1 aliphatic rings. The van der Waals surface area contributed by atoms with Gasteiger partial charge in [-0.15, -0.1) is 5.10 Å². The fraction of sp³-hybridized carbons (Fsp3) is 0.455. The van der Waals surface area contributed by atoms with Gasteiger partial charge in [0.15, 0.2) is 5.69 Å². The Morgan fingerprint density at radius 1 is 1.24 bits per heavy atom. The number of nitrogens with two attached hydrogens (primary N) is 1. The minimum Gasteiger partial charge on any atom is -0.494 e. The van der Waals surface area contributed by atoms with Gasteiger partial charge in [-0.1, -0.05) is 25.0 Å². The smallest absolute Gasteiger partial charge is 0.293 e. The molecule has 12 heteroatoms. The van der Waals surface area contributed by atoms with Crippen LogP contribution in [0.1, 0.15) is 60.8 Å². The van der Waals surface area contributed by atoms with Crippen molar-refractivity contribution in [2.75, 3.05) is 25.4 Å². The molecule has 0 aliphatic carbocycles. The molecule has 4 rings (SSSR count). The van der Waals surface area contributed by atoms with Crippen LogP contribution >= 0.6 is 0 Å². The maximum Gasteiger partial charge on any atom is 0.293 e. The Morgan fingerprint density at radius 2 is 2.03 bits per heavy atom. The molecule has 0 unspecified atom stereocenters. The molecular weight excluding hydrogens is 438 g/mol. The zero-order valence-electron chi connectivity index (χ0n) is 19.2. The number of benzene rings is 1. The van der Waals surface area contributed by atoms with Crippen molar-refractivity contribution in [3.63, 3.8) is 0 Å². The first-order valence-corrected chi connectivity index (χ1v) is 11.5. The highest BCUT2D eigenvalue weighted by molar-refractivity contribution is 5.94. The van der Waals surface area contributed by atoms with Crippen LogP contribution in [0, 0.1) is 0 Å². The number of hydrogen-bond acceptors (Lipinski definition) is 10. The van der Waals surface area contributed by atoms with E-state index in [9.17, 15) is 4.79 Å². The van der Waals surface area contributed by atoms with Crippen molar-refractivity contribution in [3.05, 3.63) is 41.2 Å². The van der Waals surface area contributed by atoms with Crippen molar-refractivity contribution < 1.29 is 14.2 Å². The predicted octanol–water partition coefficient (Wildman–Crippen LogP) is 2.16. The van der Waals surface area contributed by atoms with Gasteiger partial charge in [-0.2, -0.15) is 9.78 Å². The van der Waals surface area contributed by atoms with Gasteiger partial charge in [-0.05, 0) is 72.5 Å². The van der Waals surface area contributed by atoms with Crippen LogP contribution in [0.25, 0.3) is 5.82 Å². The quantitative estimate of drug-likeness (QED) is 0.260. The van der Waals surface area contributed by atoms with E-state index in [0.717, 1.165) is 50.1 Å². The van der Waals surface area contributed by atoms with Crippen molar-refractivity contribution in [2.24, 2.45) is 5.10 Å². The van der Waals surface area contributed by atoms with Crippen molar-refractivity contribution in [1.82, 2.24) is 35.6 Å². The molecule has 3 aromatic rings. The van der Waals surface area contributed by atoms with E-state index >= 15 is 0 Å². The van der Waals surface area contributed by atoms with E-state index in [4.69, 9.17) is 15.1 Å². The highest BCUT2D eigenvalue weighted by atomic mass is 16.6. The molecule has 0 spiro atoms. The van der Waals surface area contributed by atoms with Crippen LogP contribution < -0.4 is 15.9 Å². The Morgan fingerprint density at radius 3 is 2.74 bits per heavy atom. The van der Waals surface area contributed by atoms with Crippen LogP contribution in [-0.4, -0.2) is 62.0 Å². The van der Waals surface area contributed by atoms with Crippen molar-refractivity contribution >= 4 is 17.9 Å². The number of unbranched alkanes of at least 4 members (excludes halogenated alkanes) is 1. The number of nitrogens with one attached hydrogen (secondary N) is 1. The van der Waals surface area contributed by atoms with E-state index in [0.29, 0.717) is 18.8 Å². The summed E-state index contributed by atoms with van der Waals surface area (Å²) in [5.74, 6) is 0.583. The molecule has 180 valence electrons. The number of ether oxygens (including phenoxy) is 1. The van der Waals surface area contributed by atoms with Crippen LogP contribution in [0.5, 0.6) is 5.75 Å². The fourth-order valence-corrected chi connectivity index (χ4v) is 3.66. The van der Waals surface area contributed by atoms with Gasteiger partial charge in [0.05, 0.1) is 18.5 Å². The highest BCUT2D eigenvalue weighted by Gasteiger charge is 2.26. The number of nitrogens with zero attached hydrogens (tertiary/aromatic N) is 7. The van der Waals surface area contributed by atoms with Gasteiger partial charge in [-0.25, -0.2) is 10.1 Å². The highest BCUT2D eigenvalue weighted by Crippen LogP contribution is 2.19. The maximum atomic E-state index is 12.9. The summed E-state index contributed by atoms with van der Waals surface area (Å²) < 4.78 is 11.8. The summed E-state index contributed by atoms with van der Waals surface area (Å²) in [6, 6.07) is 7.49. The summed E-state index contributed by atoms with van der Waals surface area (Å²) in [5, 5.41) is 19.6. The molecule has 1 aliphatic heterocycles. The van der Waals surface area contributed by atoms with E-state index in [-0.39, 0.29) is 17.3 Å². The topological polar surface area (TPSA) is 150 Å². The summed E-state index contributed by atoms with van der Waals surface area (Å²) in [7, 11) is 0. The zero-order valence-corrected chi connectivity index (χ0v) is 19.2. The van der Waals surface area contributed by atoms with Crippen LogP contribution in [0.3, 0.4) is 0 Å². The molecule has 0 bridgehead atoms. The SMILES string of the molecule is CCCCOc1ccc(/C=N\NC(=O)c2nnn(-c3nonc3N)c2CN2CCCCC2)cc1. The molecule has 2 aromatic heterocycles. The first kappa shape index (κ1) is 23.4. The van der Waals surface area contributed by atoms with Crippen LogP contribution in [0.15, 0.2) is 34.0 Å². The lowest BCUT2D eigenvalue weighted by Crippen LogP contribution is -2.31. The number of hydrazone groups is 1. The number of anilines is 1. The summed E-state index contributed by atoms with van der Waals surface area (Å²) >= 11 is 0.